The van der Waals surface area contributed by atoms with E-state index in [2.05, 4.69) is 5.10 Å². The molecule has 1 aromatic heterocycles. The van der Waals surface area contributed by atoms with Gasteiger partial charge in [0.1, 0.15) is 11.6 Å². The Kier molecular flexibility index (Phi) is 2.87. The van der Waals surface area contributed by atoms with Gasteiger partial charge in [0.25, 0.3) is 0 Å². The fourth-order valence-electron chi connectivity index (χ4n) is 2.02. The lowest BCUT2D eigenvalue weighted by Crippen LogP contribution is -2.30. The Bertz CT molecular complexity index is 480. The summed E-state index contributed by atoms with van der Waals surface area (Å²) in [4.78, 5) is 13.1. The summed E-state index contributed by atoms with van der Waals surface area (Å²) in [7, 11) is 0. The molecule has 0 aliphatic carbocycles. The van der Waals surface area contributed by atoms with E-state index < -0.39 is 6.03 Å². The van der Waals surface area contributed by atoms with E-state index >= 15 is 0 Å². The van der Waals surface area contributed by atoms with Gasteiger partial charge in [-0.15, -0.1) is 5.10 Å². The van der Waals surface area contributed by atoms with E-state index in [0.717, 1.165) is 30.6 Å². The van der Waals surface area contributed by atoms with Crippen molar-refractivity contribution in [3.05, 3.63) is 5.56 Å². The molecule has 1 aromatic rings. The molecule has 1 saturated heterocycles. The van der Waals surface area contributed by atoms with Crippen molar-refractivity contribution in [3.63, 3.8) is 0 Å². The van der Waals surface area contributed by atoms with Crippen LogP contribution in [-0.4, -0.2) is 28.9 Å². The number of amides is 1. The summed E-state index contributed by atoms with van der Waals surface area (Å²) in [6.07, 6.45) is 3.27. The molecule has 2 heterocycles. The Labute approximate surface area is 98.6 Å². The number of anilines is 2. The van der Waals surface area contributed by atoms with Crippen LogP contribution in [0.25, 0.3) is 0 Å². The average Bonchev–Trinajstić information content (AvgIpc) is 2.67. The second-order valence-electron chi connectivity index (χ2n) is 3.99. The number of hydrogen-bond donors (Lipinski definition) is 2. The van der Waals surface area contributed by atoms with Gasteiger partial charge in [0.05, 0.1) is 0 Å². The number of hydrogen-bond acceptors (Lipinski definition) is 5. The molecule has 0 aromatic carbocycles. The van der Waals surface area contributed by atoms with Crippen LogP contribution in [0.1, 0.15) is 24.8 Å². The fraction of sp³-hybridized carbons (Fsp3) is 0.500. The highest BCUT2D eigenvalue weighted by atomic mass is 16.2. The van der Waals surface area contributed by atoms with Crippen molar-refractivity contribution in [2.75, 3.05) is 23.7 Å². The highest BCUT2D eigenvalue weighted by molar-refractivity contribution is 5.81. The number of nitriles is 1. The third kappa shape index (κ3) is 1.89. The zero-order valence-corrected chi connectivity index (χ0v) is 9.39. The van der Waals surface area contributed by atoms with Crippen molar-refractivity contribution in [2.24, 2.45) is 5.73 Å². The van der Waals surface area contributed by atoms with Crippen molar-refractivity contribution in [1.82, 2.24) is 9.78 Å². The Balaban J connectivity index is 2.42. The summed E-state index contributed by atoms with van der Waals surface area (Å²) in [5.41, 5.74) is 11.0. The van der Waals surface area contributed by atoms with Gasteiger partial charge < -0.3 is 16.4 Å². The van der Waals surface area contributed by atoms with Gasteiger partial charge in [-0.05, 0) is 19.3 Å². The molecule has 0 atom stereocenters. The van der Waals surface area contributed by atoms with Gasteiger partial charge in [0.15, 0.2) is 11.6 Å². The molecule has 1 aliphatic heterocycles. The number of rotatable bonds is 1. The molecule has 0 saturated carbocycles. The quantitative estimate of drug-likeness (QED) is 0.723. The zero-order valence-electron chi connectivity index (χ0n) is 9.39. The maximum Gasteiger partial charge on any atom is 0.341 e. The van der Waals surface area contributed by atoms with Crippen LogP contribution >= 0.6 is 0 Å². The summed E-state index contributed by atoms with van der Waals surface area (Å²) in [6, 6.07) is 1.20. The first-order valence-electron chi connectivity index (χ1n) is 5.48. The molecular weight excluding hydrogens is 220 g/mol. The number of nitrogen functional groups attached to an aromatic ring is 1. The van der Waals surface area contributed by atoms with Crippen LogP contribution in [0.15, 0.2) is 0 Å². The highest BCUT2D eigenvalue weighted by Crippen LogP contribution is 2.26. The number of nitrogens with two attached hydrogens (primary N) is 2. The van der Waals surface area contributed by atoms with E-state index in [9.17, 15) is 4.79 Å². The first-order chi connectivity index (χ1) is 8.15. The van der Waals surface area contributed by atoms with E-state index in [1.165, 1.54) is 6.42 Å². The van der Waals surface area contributed by atoms with E-state index in [-0.39, 0.29) is 11.4 Å². The number of aromatic nitrogens is 2. The van der Waals surface area contributed by atoms with Crippen LogP contribution in [0.3, 0.4) is 0 Å². The lowest BCUT2D eigenvalue weighted by molar-refractivity contribution is 0.248. The standard InChI is InChI=1S/C10H14N6O/c11-6-7-8(12)16(10(13)17)14-9(7)15-4-2-1-3-5-15/h1-5,12H2,(H2,13,17). The summed E-state index contributed by atoms with van der Waals surface area (Å²) in [5, 5.41) is 13.1. The van der Waals surface area contributed by atoms with Crippen molar-refractivity contribution in [2.45, 2.75) is 19.3 Å². The van der Waals surface area contributed by atoms with E-state index in [1.54, 1.807) is 0 Å². The largest absolute Gasteiger partial charge is 0.382 e. The fourth-order valence-corrected chi connectivity index (χ4v) is 2.02. The summed E-state index contributed by atoms with van der Waals surface area (Å²) >= 11 is 0. The topological polar surface area (TPSA) is 114 Å². The van der Waals surface area contributed by atoms with Crippen molar-refractivity contribution >= 4 is 17.7 Å². The minimum Gasteiger partial charge on any atom is -0.382 e. The molecule has 17 heavy (non-hydrogen) atoms. The molecule has 7 heteroatoms. The lowest BCUT2D eigenvalue weighted by atomic mass is 10.1. The van der Waals surface area contributed by atoms with Crippen LogP contribution in [0.4, 0.5) is 16.4 Å². The molecular formula is C10H14N6O. The molecule has 0 bridgehead atoms. The molecule has 1 fully saturated rings. The number of piperidine rings is 1. The van der Waals surface area contributed by atoms with E-state index in [0.29, 0.717) is 5.82 Å². The Hall–Kier alpha value is -2.23. The smallest absolute Gasteiger partial charge is 0.341 e. The molecule has 7 nitrogen and oxygen atoms in total. The van der Waals surface area contributed by atoms with Gasteiger partial charge in [0, 0.05) is 13.1 Å². The molecule has 0 radical (unpaired) electrons. The second kappa shape index (κ2) is 4.33. The maximum absolute atomic E-state index is 11.1. The van der Waals surface area contributed by atoms with Gasteiger partial charge in [0.2, 0.25) is 0 Å². The highest BCUT2D eigenvalue weighted by Gasteiger charge is 2.23. The Morgan fingerprint density at radius 3 is 2.53 bits per heavy atom. The molecule has 1 aliphatic rings. The van der Waals surface area contributed by atoms with Crippen molar-refractivity contribution in [3.8, 4) is 6.07 Å². The van der Waals surface area contributed by atoms with Crippen LogP contribution in [0.2, 0.25) is 0 Å². The zero-order chi connectivity index (χ0) is 12.4. The Morgan fingerprint density at radius 1 is 1.35 bits per heavy atom. The second-order valence-corrected chi connectivity index (χ2v) is 3.99. The third-order valence-electron chi connectivity index (χ3n) is 2.88. The maximum atomic E-state index is 11.1. The monoisotopic (exact) mass is 234 g/mol. The van der Waals surface area contributed by atoms with Crippen molar-refractivity contribution in [1.29, 1.82) is 5.26 Å². The summed E-state index contributed by atoms with van der Waals surface area (Å²) < 4.78 is 0.877. The number of primary amides is 1. The number of carbonyl (C=O) groups excluding carboxylic acids is 1. The molecule has 2 rings (SSSR count). The van der Waals surface area contributed by atoms with E-state index in [4.69, 9.17) is 16.7 Å². The summed E-state index contributed by atoms with van der Waals surface area (Å²) in [5.74, 6) is 0.476. The summed E-state index contributed by atoms with van der Waals surface area (Å²) in [6.45, 7) is 1.65. The van der Waals surface area contributed by atoms with Crippen LogP contribution < -0.4 is 16.4 Å². The predicted octanol–water partition coefficient (Wildman–Crippen LogP) is 0.254. The van der Waals surface area contributed by atoms with Crippen LogP contribution in [0.5, 0.6) is 0 Å². The predicted molar refractivity (Wildman–Crippen MR) is 62.4 cm³/mol. The SMILES string of the molecule is N#Cc1c(N2CCCCC2)nn(C(N)=O)c1N. The van der Waals surface area contributed by atoms with Gasteiger partial charge in [-0.25, -0.2) is 4.79 Å². The molecule has 90 valence electrons. The molecule has 0 unspecified atom stereocenters. The minimum atomic E-state index is -0.776. The van der Waals surface area contributed by atoms with E-state index in [1.807, 2.05) is 11.0 Å². The molecule has 1 amide bonds. The Morgan fingerprint density at radius 2 is 2.00 bits per heavy atom. The number of carbonyl (C=O) groups is 1. The van der Waals surface area contributed by atoms with Gasteiger partial charge in [-0.2, -0.15) is 9.94 Å². The van der Waals surface area contributed by atoms with Crippen LogP contribution in [0, 0.1) is 11.3 Å². The molecule has 4 N–H and O–H groups in total. The normalized spacial score (nSPS) is 15.6. The van der Waals surface area contributed by atoms with Crippen LogP contribution in [-0.2, 0) is 0 Å². The minimum absolute atomic E-state index is 0.0144. The number of nitrogens with zero attached hydrogens (tertiary/aromatic N) is 4. The first-order valence-corrected chi connectivity index (χ1v) is 5.48. The average molecular weight is 234 g/mol. The van der Waals surface area contributed by atoms with Crippen molar-refractivity contribution < 1.29 is 4.79 Å². The third-order valence-corrected chi connectivity index (χ3v) is 2.88. The molecule has 0 spiro atoms. The lowest BCUT2D eigenvalue weighted by Gasteiger charge is -2.26. The van der Waals surface area contributed by atoms with Gasteiger partial charge in [-0.1, -0.05) is 0 Å². The van der Waals surface area contributed by atoms with Gasteiger partial charge >= 0.3 is 6.03 Å². The van der Waals surface area contributed by atoms with Gasteiger partial charge in [-0.3, -0.25) is 0 Å². The first kappa shape index (κ1) is 11.3.